The van der Waals surface area contributed by atoms with Crippen LogP contribution in [0.4, 0.5) is 11.6 Å². The molecule has 0 aliphatic heterocycles. The summed E-state index contributed by atoms with van der Waals surface area (Å²) < 4.78 is 0. The zero-order valence-electron chi connectivity index (χ0n) is 11.4. The van der Waals surface area contributed by atoms with E-state index in [1.807, 2.05) is 6.07 Å². The van der Waals surface area contributed by atoms with Crippen LogP contribution in [-0.4, -0.2) is 34.8 Å². The molecule has 1 aliphatic carbocycles. The van der Waals surface area contributed by atoms with Gasteiger partial charge < -0.3 is 15.7 Å². The van der Waals surface area contributed by atoms with E-state index >= 15 is 0 Å². The number of nitrogens with one attached hydrogen (secondary N) is 2. The Morgan fingerprint density at radius 2 is 1.79 bits per heavy atom. The van der Waals surface area contributed by atoms with Gasteiger partial charge in [0.25, 0.3) is 0 Å². The summed E-state index contributed by atoms with van der Waals surface area (Å²) in [5.41, 5.74) is 0. The summed E-state index contributed by atoms with van der Waals surface area (Å²) in [5, 5.41) is 15.3. The molecule has 1 heterocycles. The summed E-state index contributed by atoms with van der Waals surface area (Å²) in [5.74, 6) is 2.59. The number of aliphatic hydroxyl groups excluding tert-OH is 1. The first-order valence-corrected chi connectivity index (χ1v) is 7.29. The summed E-state index contributed by atoms with van der Waals surface area (Å²) in [6, 6.07) is 1.92. The molecule has 0 atom stereocenters. The van der Waals surface area contributed by atoms with Gasteiger partial charge in [0, 0.05) is 25.8 Å². The first-order valence-electron chi connectivity index (χ1n) is 7.29. The fourth-order valence-electron chi connectivity index (χ4n) is 2.55. The van der Waals surface area contributed by atoms with Gasteiger partial charge in [0.15, 0.2) is 0 Å². The topological polar surface area (TPSA) is 70.1 Å². The van der Waals surface area contributed by atoms with E-state index in [0.29, 0.717) is 0 Å². The van der Waals surface area contributed by atoms with Crippen molar-refractivity contribution in [2.24, 2.45) is 5.92 Å². The van der Waals surface area contributed by atoms with E-state index in [1.54, 1.807) is 6.33 Å². The van der Waals surface area contributed by atoms with Crippen LogP contribution in [0.3, 0.4) is 0 Å². The minimum absolute atomic E-state index is 0.199. The maximum atomic E-state index is 8.73. The van der Waals surface area contributed by atoms with Gasteiger partial charge >= 0.3 is 0 Å². The molecular formula is C14H24N4O. The molecule has 1 aliphatic rings. The normalized spacial score (nSPS) is 15.6. The predicted molar refractivity (Wildman–Crippen MR) is 77.3 cm³/mol. The average molecular weight is 264 g/mol. The third-order valence-electron chi connectivity index (χ3n) is 3.64. The zero-order valence-corrected chi connectivity index (χ0v) is 11.4. The summed E-state index contributed by atoms with van der Waals surface area (Å²) >= 11 is 0. The van der Waals surface area contributed by atoms with Gasteiger partial charge in [-0.05, 0) is 18.8 Å². The SMILES string of the molecule is OCCCNc1cc(NCCC2CCCC2)ncn1. The molecule has 5 heteroatoms. The van der Waals surface area contributed by atoms with Gasteiger partial charge in [-0.1, -0.05) is 25.7 Å². The maximum absolute atomic E-state index is 8.73. The van der Waals surface area contributed by atoms with Crippen molar-refractivity contribution in [3.05, 3.63) is 12.4 Å². The largest absolute Gasteiger partial charge is 0.396 e. The van der Waals surface area contributed by atoms with Gasteiger partial charge in [0.2, 0.25) is 0 Å². The lowest BCUT2D eigenvalue weighted by molar-refractivity contribution is 0.292. The molecule has 1 saturated carbocycles. The molecule has 0 aromatic carbocycles. The Morgan fingerprint density at radius 3 is 2.47 bits per heavy atom. The van der Waals surface area contributed by atoms with E-state index in [1.165, 1.54) is 32.1 Å². The molecule has 1 aromatic rings. The molecule has 0 spiro atoms. The van der Waals surface area contributed by atoms with Gasteiger partial charge in [-0.2, -0.15) is 0 Å². The van der Waals surface area contributed by atoms with Crippen LogP contribution in [0, 0.1) is 5.92 Å². The average Bonchev–Trinajstić information content (AvgIpc) is 2.93. The van der Waals surface area contributed by atoms with Crippen molar-refractivity contribution in [1.82, 2.24) is 9.97 Å². The Balaban J connectivity index is 1.71. The Kier molecular flexibility index (Phi) is 5.88. The van der Waals surface area contributed by atoms with Crippen molar-refractivity contribution in [1.29, 1.82) is 0 Å². The Morgan fingerprint density at radius 1 is 1.11 bits per heavy atom. The number of nitrogens with zero attached hydrogens (tertiary/aromatic N) is 2. The summed E-state index contributed by atoms with van der Waals surface area (Å²) in [6.07, 6.45) is 9.11. The van der Waals surface area contributed by atoms with E-state index in [9.17, 15) is 0 Å². The van der Waals surface area contributed by atoms with Crippen LogP contribution < -0.4 is 10.6 Å². The number of aromatic nitrogens is 2. The fraction of sp³-hybridized carbons (Fsp3) is 0.714. The van der Waals surface area contributed by atoms with Crippen molar-refractivity contribution < 1.29 is 5.11 Å². The van der Waals surface area contributed by atoms with Crippen LogP contribution in [-0.2, 0) is 0 Å². The standard InChI is InChI=1S/C14H24N4O/c19-9-3-7-15-13-10-14(18-11-17-13)16-8-6-12-4-1-2-5-12/h10-12,19H,1-9H2,(H2,15,16,17,18). The van der Waals surface area contributed by atoms with Gasteiger partial charge in [0.05, 0.1) is 0 Å². The lowest BCUT2D eigenvalue weighted by Gasteiger charge is -2.11. The molecule has 2 rings (SSSR count). The van der Waals surface area contributed by atoms with Crippen molar-refractivity contribution in [3.8, 4) is 0 Å². The highest BCUT2D eigenvalue weighted by Gasteiger charge is 2.14. The monoisotopic (exact) mass is 264 g/mol. The smallest absolute Gasteiger partial charge is 0.131 e. The second-order valence-corrected chi connectivity index (χ2v) is 5.16. The van der Waals surface area contributed by atoms with E-state index in [2.05, 4.69) is 20.6 Å². The molecule has 0 saturated heterocycles. The number of hydrogen-bond acceptors (Lipinski definition) is 5. The van der Waals surface area contributed by atoms with Crippen molar-refractivity contribution >= 4 is 11.6 Å². The molecule has 1 fully saturated rings. The van der Waals surface area contributed by atoms with Crippen LogP contribution in [0.2, 0.25) is 0 Å². The van der Waals surface area contributed by atoms with Crippen molar-refractivity contribution in [2.75, 3.05) is 30.3 Å². The molecule has 0 amide bonds. The molecule has 19 heavy (non-hydrogen) atoms. The first kappa shape index (κ1) is 14.1. The highest BCUT2D eigenvalue weighted by Crippen LogP contribution is 2.27. The number of aliphatic hydroxyl groups is 1. The summed E-state index contributed by atoms with van der Waals surface area (Å²) in [6.45, 7) is 1.91. The lowest BCUT2D eigenvalue weighted by Crippen LogP contribution is -2.09. The van der Waals surface area contributed by atoms with Crippen LogP contribution in [0.15, 0.2) is 12.4 Å². The van der Waals surface area contributed by atoms with Crippen LogP contribution in [0.5, 0.6) is 0 Å². The third kappa shape index (κ3) is 5.03. The Hall–Kier alpha value is -1.36. The van der Waals surface area contributed by atoms with Crippen LogP contribution in [0.1, 0.15) is 38.5 Å². The number of hydrogen-bond donors (Lipinski definition) is 3. The maximum Gasteiger partial charge on any atom is 0.131 e. The fourth-order valence-corrected chi connectivity index (χ4v) is 2.55. The van der Waals surface area contributed by atoms with Gasteiger partial charge in [-0.15, -0.1) is 0 Å². The highest BCUT2D eigenvalue weighted by atomic mass is 16.3. The minimum atomic E-state index is 0.199. The molecule has 106 valence electrons. The van der Waals surface area contributed by atoms with Gasteiger partial charge in [-0.3, -0.25) is 0 Å². The van der Waals surface area contributed by atoms with E-state index in [0.717, 1.165) is 37.1 Å². The molecule has 5 nitrogen and oxygen atoms in total. The van der Waals surface area contributed by atoms with Crippen LogP contribution >= 0.6 is 0 Å². The van der Waals surface area contributed by atoms with Gasteiger partial charge in [-0.25, -0.2) is 9.97 Å². The number of anilines is 2. The molecule has 3 N–H and O–H groups in total. The van der Waals surface area contributed by atoms with Crippen LogP contribution in [0.25, 0.3) is 0 Å². The Bertz CT molecular complexity index is 366. The summed E-state index contributed by atoms with van der Waals surface area (Å²) in [7, 11) is 0. The minimum Gasteiger partial charge on any atom is -0.396 e. The first-order chi connectivity index (χ1) is 9.38. The second-order valence-electron chi connectivity index (χ2n) is 5.16. The summed E-state index contributed by atoms with van der Waals surface area (Å²) in [4.78, 5) is 8.37. The van der Waals surface area contributed by atoms with E-state index in [4.69, 9.17) is 5.11 Å². The highest BCUT2D eigenvalue weighted by molar-refractivity contribution is 5.46. The quantitative estimate of drug-likeness (QED) is 0.628. The molecular weight excluding hydrogens is 240 g/mol. The van der Waals surface area contributed by atoms with Crippen molar-refractivity contribution in [2.45, 2.75) is 38.5 Å². The van der Waals surface area contributed by atoms with E-state index in [-0.39, 0.29) is 6.61 Å². The molecule has 0 radical (unpaired) electrons. The number of rotatable bonds is 8. The lowest BCUT2D eigenvalue weighted by atomic mass is 10.0. The molecule has 1 aromatic heterocycles. The van der Waals surface area contributed by atoms with Gasteiger partial charge in [0.1, 0.15) is 18.0 Å². The zero-order chi connectivity index (χ0) is 13.3. The Labute approximate surface area is 114 Å². The second kappa shape index (κ2) is 7.94. The van der Waals surface area contributed by atoms with E-state index < -0.39 is 0 Å². The third-order valence-corrected chi connectivity index (χ3v) is 3.64. The molecule has 0 bridgehead atoms. The predicted octanol–water partition coefficient (Wildman–Crippen LogP) is 2.26. The van der Waals surface area contributed by atoms with Crippen molar-refractivity contribution in [3.63, 3.8) is 0 Å². The molecule has 0 unspecified atom stereocenters.